The molecule has 1 aromatic rings. The van der Waals surface area contributed by atoms with Gasteiger partial charge < -0.3 is 43.2 Å². The molecule has 0 aromatic carbocycles. The quantitative estimate of drug-likeness (QED) is 0.0662. The SMILES string of the molecule is CSCCC(NC(=O)C(Cc1cnc[nH]1)NC(=O)C(N)CCCN=C(N)N)C(=O)NCC(=O)O. The minimum atomic E-state index is -1.21. The fourth-order valence-electron chi connectivity index (χ4n) is 2.82. The van der Waals surface area contributed by atoms with E-state index in [0.717, 1.165) is 0 Å². The molecule has 0 spiro atoms. The molecule has 0 bridgehead atoms. The van der Waals surface area contributed by atoms with Crippen LogP contribution in [0.5, 0.6) is 0 Å². The first-order valence-corrected chi connectivity index (χ1v) is 11.9. The van der Waals surface area contributed by atoms with E-state index in [-0.39, 0.29) is 25.2 Å². The van der Waals surface area contributed by atoms with Gasteiger partial charge in [0.15, 0.2) is 5.96 Å². The number of carboxylic acid groups (broad SMARTS) is 1. The molecule has 0 aliphatic rings. The van der Waals surface area contributed by atoms with Gasteiger partial charge in [-0.3, -0.25) is 24.2 Å². The lowest BCUT2D eigenvalue weighted by molar-refractivity contribution is -0.138. The van der Waals surface area contributed by atoms with Gasteiger partial charge in [-0.2, -0.15) is 11.8 Å². The van der Waals surface area contributed by atoms with Crippen LogP contribution in [0.4, 0.5) is 0 Å². The van der Waals surface area contributed by atoms with Gasteiger partial charge in [-0.05, 0) is 31.3 Å². The third-order valence-electron chi connectivity index (χ3n) is 4.57. The van der Waals surface area contributed by atoms with E-state index in [1.165, 1.54) is 24.3 Å². The van der Waals surface area contributed by atoms with Crippen LogP contribution in [0.2, 0.25) is 0 Å². The molecule has 0 saturated heterocycles. The molecule has 3 unspecified atom stereocenters. The van der Waals surface area contributed by atoms with Crippen molar-refractivity contribution in [2.45, 2.75) is 43.8 Å². The van der Waals surface area contributed by atoms with Crippen molar-refractivity contribution in [2.75, 3.05) is 25.1 Å². The molecule has 1 heterocycles. The second kappa shape index (κ2) is 15.5. The van der Waals surface area contributed by atoms with Crippen molar-refractivity contribution in [2.24, 2.45) is 22.2 Å². The summed E-state index contributed by atoms with van der Waals surface area (Å²) in [6.07, 6.45) is 5.87. The van der Waals surface area contributed by atoms with Gasteiger partial charge in [0.05, 0.1) is 12.4 Å². The van der Waals surface area contributed by atoms with Crippen LogP contribution in [0.15, 0.2) is 17.5 Å². The molecular weight excluding hydrogens is 466 g/mol. The Hall–Kier alpha value is -3.33. The van der Waals surface area contributed by atoms with E-state index in [0.29, 0.717) is 24.4 Å². The van der Waals surface area contributed by atoms with E-state index < -0.39 is 48.4 Å². The number of rotatable bonds is 16. The van der Waals surface area contributed by atoms with E-state index in [1.807, 2.05) is 6.26 Å². The van der Waals surface area contributed by atoms with Gasteiger partial charge in [0, 0.05) is 24.9 Å². The number of thioether (sulfide) groups is 1. The predicted molar refractivity (Wildman–Crippen MR) is 128 cm³/mol. The van der Waals surface area contributed by atoms with Crippen molar-refractivity contribution >= 4 is 41.4 Å². The highest BCUT2D eigenvalue weighted by molar-refractivity contribution is 7.98. The number of nitrogens with one attached hydrogen (secondary N) is 4. The Kier molecular flexibility index (Phi) is 13.1. The third-order valence-corrected chi connectivity index (χ3v) is 5.22. The first kappa shape index (κ1) is 28.7. The molecule has 34 heavy (non-hydrogen) atoms. The number of aliphatic imine (C=N–C) groups is 1. The van der Waals surface area contributed by atoms with Gasteiger partial charge in [0.1, 0.15) is 18.6 Å². The summed E-state index contributed by atoms with van der Waals surface area (Å²) >= 11 is 1.46. The molecule has 1 rings (SSSR count). The minimum Gasteiger partial charge on any atom is -0.480 e. The number of aliphatic carboxylic acids is 1. The Morgan fingerprint density at radius 3 is 2.44 bits per heavy atom. The number of imidazole rings is 1. The third kappa shape index (κ3) is 11.5. The lowest BCUT2D eigenvalue weighted by Gasteiger charge is -2.24. The summed E-state index contributed by atoms with van der Waals surface area (Å²) in [6, 6.07) is -2.94. The molecule has 11 N–H and O–H groups in total. The number of carboxylic acids is 1. The normalized spacial score (nSPS) is 13.2. The van der Waals surface area contributed by atoms with Gasteiger partial charge in [-0.25, -0.2) is 4.98 Å². The average Bonchev–Trinajstić information content (AvgIpc) is 3.29. The maximum absolute atomic E-state index is 13.0. The van der Waals surface area contributed by atoms with Crippen LogP contribution >= 0.6 is 11.8 Å². The van der Waals surface area contributed by atoms with Crippen molar-refractivity contribution in [3.05, 3.63) is 18.2 Å². The number of guanidine groups is 1. The summed E-state index contributed by atoms with van der Waals surface area (Å²) in [5.41, 5.74) is 17.1. The molecule has 15 heteroatoms. The second-order valence-electron chi connectivity index (χ2n) is 7.35. The standard InChI is InChI=1S/C19H33N9O5S/c1-34-6-4-13(17(32)25-9-15(29)30)27-18(33)14(7-11-8-23-10-26-11)28-16(31)12(20)3-2-5-24-19(21)22/h8,10,12-14H,2-7,9,20H2,1H3,(H,23,26)(H,25,32)(H,27,33)(H,28,31)(H,29,30)(H4,21,22,24). The van der Waals surface area contributed by atoms with Crippen LogP contribution in [0.1, 0.15) is 25.0 Å². The van der Waals surface area contributed by atoms with E-state index >= 15 is 0 Å². The molecule has 14 nitrogen and oxygen atoms in total. The van der Waals surface area contributed by atoms with Crippen LogP contribution in [0.3, 0.4) is 0 Å². The van der Waals surface area contributed by atoms with Gasteiger partial charge in [-0.15, -0.1) is 0 Å². The van der Waals surface area contributed by atoms with Crippen molar-refractivity contribution in [3.63, 3.8) is 0 Å². The summed E-state index contributed by atoms with van der Waals surface area (Å²) in [6.45, 7) is -0.266. The van der Waals surface area contributed by atoms with E-state index in [2.05, 4.69) is 30.9 Å². The number of H-pyrrole nitrogens is 1. The number of aromatic nitrogens is 2. The molecule has 3 amide bonds. The maximum Gasteiger partial charge on any atom is 0.322 e. The number of hydrogen-bond donors (Lipinski definition) is 8. The first-order valence-electron chi connectivity index (χ1n) is 10.5. The number of carbonyl (C=O) groups is 4. The first-order chi connectivity index (χ1) is 16.1. The Morgan fingerprint density at radius 1 is 1.15 bits per heavy atom. The van der Waals surface area contributed by atoms with Crippen LogP contribution < -0.4 is 33.2 Å². The molecule has 0 aliphatic heterocycles. The number of hydrogen-bond acceptors (Lipinski definition) is 8. The highest BCUT2D eigenvalue weighted by atomic mass is 32.2. The zero-order valence-electron chi connectivity index (χ0n) is 19.0. The fraction of sp³-hybridized carbons (Fsp3) is 0.579. The van der Waals surface area contributed by atoms with E-state index in [9.17, 15) is 19.2 Å². The monoisotopic (exact) mass is 499 g/mol. The molecule has 0 saturated carbocycles. The van der Waals surface area contributed by atoms with Crippen LogP contribution in [-0.4, -0.2) is 87.9 Å². The number of nitrogens with two attached hydrogens (primary N) is 3. The molecule has 0 fully saturated rings. The highest BCUT2D eigenvalue weighted by Gasteiger charge is 2.28. The summed E-state index contributed by atoms with van der Waals surface area (Å²) in [5, 5.41) is 16.3. The Balaban J connectivity index is 2.86. The van der Waals surface area contributed by atoms with Gasteiger partial charge in [-0.1, -0.05) is 0 Å². The van der Waals surface area contributed by atoms with Gasteiger partial charge >= 0.3 is 5.97 Å². The molecule has 3 atom stereocenters. The number of aromatic amines is 1. The number of carbonyl (C=O) groups excluding carboxylic acids is 3. The molecular formula is C19H33N9O5S. The molecule has 190 valence electrons. The zero-order chi connectivity index (χ0) is 25.5. The Bertz CT molecular complexity index is 830. The summed E-state index contributed by atoms with van der Waals surface area (Å²) in [4.78, 5) is 59.4. The summed E-state index contributed by atoms with van der Waals surface area (Å²) in [5.74, 6) is -2.52. The summed E-state index contributed by atoms with van der Waals surface area (Å²) < 4.78 is 0. The van der Waals surface area contributed by atoms with Crippen molar-refractivity contribution in [3.8, 4) is 0 Å². The second-order valence-corrected chi connectivity index (χ2v) is 8.34. The number of amides is 3. The highest BCUT2D eigenvalue weighted by Crippen LogP contribution is 2.05. The maximum atomic E-state index is 13.0. The predicted octanol–water partition coefficient (Wildman–Crippen LogP) is -2.74. The van der Waals surface area contributed by atoms with Gasteiger partial charge in [0.25, 0.3) is 0 Å². The van der Waals surface area contributed by atoms with Crippen LogP contribution in [0.25, 0.3) is 0 Å². The Labute approximate surface area is 201 Å². The average molecular weight is 500 g/mol. The Morgan fingerprint density at radius 2 is 1.85 bits per heavy atom. The molecule has 0 radical (unpaired) electrons. The number of nitrogens with zero attached hydrogens (tertiary/aromatic N) is 2. The van der Waals surface area contributed by atoms with Crippen LogP contribution in [0, 0.1) is 0 Å². The zero-order valence-corrected chi connectivity index (χ0v) is 19.8. The largest absolute Gasteiger partial charge is 0.480 e. The smallest absolute Gasteiger partial charge is 0.322 e. The van der Waals surface area contributed by atoms with Crippen LogP contribution in [-0.2, 0) is 25.6 Å². The van der Waals surface area contributed by atoms with E-state index in [4.69, 9.17) is 22.3 Å². The van der Waals surface area contributed by atoms with Crippen molar-refractivity contribution in [1.82, 2.24) is 25.9 Å². The van der Waals surface area contributed by atoms with Gasteiger partial charge in [0.2, 0.25) is 17.7 Å². The summed E-state index contributed by atoms with van der Waals surface area (Å²) in [7, 11) is 0. The lowest BCUT2D eigenvalue weighted by Crippen LogP contribution is -2.56. The molecule has 1 aromatic heterocycles. The van der Waals surface area contributed by atoms with Crippen molar-refractivity contribution in [1.29, 1.82) is 0 Å². The lowest BCUT2D eigenvalue weighted by atomic mass is 10.1. The molecule has 0 aliphatic carbocycles. The fourth-order valence-corrected chi connectivity index (χ4v) is 3.29. The minimum absolute atomic E-state index is 0.0577. The van der Waals surface area contributed by atoms with E-state index in [1.54, 1.807) is 0 Å². The topological polar surface area (TPSA) is 244 Å². The van der Waals surface area contributed by atoms with Crippen molar-refractivity contribution < 1.29 is 24.3 Å².